The fraction of sp³-hybridized carbons (Fsp3) is 0.267. The van der Waals surface area contributed by atoms with Gasteiger partial charge in [-0.15, -0.1) is 0 Å². The fourth-order valence-corrected chi connectivity index (χ4v) is 2.65. The van der Waals surface area contributed by atoms with Crippen LogP contribution in [0.3, 0.4) is 0 Å². The van der Waals surface area contributed by atoms with Crippen LogP contribution in [0.5, 0.6) is 0 Å². The Balaban J connectivity index is 2.10. The second-order valence-corrected chi connectivity index (χ2v) is 6.15. The fourth-order valence-electron chi connectivity index (χ4n) is 1.82. The molecule has 24 heavy (non-hydrogen) atoms. The van der Waals surface area contributed by atoms with E-state index in [-0.39, 0.29) is 17.3 Å². The number of amides is 1. The van der Waals surface area contributed by atoms with Crippen LogP contribution in [0.1, 0.15) is 12.6 Å². The summed E-state index contributed by atoms with van der Waals surface area (Å²) in [7, 11) is 1.47. The molecule has 128 valence electrons. The number of hydrogen-bond acceptors (Lipinski definition) is 5. The second-order valence-electron chi connectivity index (χ2n) is 4.82. The molecule has 0 aliphatic rings. The molecule has 0 bridgehead atoms. The molecule has 0 spiro atoms. The van der Waals surface area contributed by atoms with Crippen molar-refractivity contribution in [2.75, 3.05) is 12.4 Å². The summed E-state index contributed by atoms with van der Waals surface area (Å²) in [5.74, 6) is -2.35. The van der Waals surface area contributed by atoms with Crippen molar-refractivity contribution in [3.8, 4) is 0 Å². The third-order valence-electron chi connectivity index (χ3n) is 2.93. The van der Waals surface area contributed by atoms with Gasteiger partial charge in [0.05, 0.1) is 17.6 Å². The Morgan fingerprint density at radius 3 is 2.71 bits per heavy atom. The van der Waals surface area contributed by atoms with E-state index in [1.807, 2.05) is 0 Å². The van der Waals surface area contributed by atoms with E-state index in [9.17, 15) is 18.4 Å². The van der Waals surface area contributed by atoms with Gasteiger partial charge in [0.25, 0.3) is 5.56 Å². The zero-order valence-corrected chi connectivity index (χ0v) is 13.7. The first-order valence-corrected chi connectivity index (χ1v) is 7.79. The van der Waals surface area contributed by atoms with Crippen LogP contribution in [0.2, 0.25) is 0 Å². The highest BCUT2D eigenvalue weighted by Gasteiger charge is 2.19. The number of H-pyrrole nitrogens is 1. The first-order chi connectivity index (χ1) is 11.4. The standard InChI is InChI=1S/C15H15F2N3O3S/c1-8(14(22)20-13-10(16)4-3-5-11(13)17)24-15-18-9(7-23-2)6-12(21)19-15/h3-6,8H,7H2,1-2H3,(H,20,22)(H,18,19,21). The van der Waals surface area contributed by atoms with Gasteiger partial charge in [0.15, 0.2) is 5.16 Å². The number of anilines is 1. The third-order valence-corrected chi connectivity index (χ3v) is 3.92. The van der Waals surface area contributed by atoms with Crippen LogP contribution < -0.4 is 10.9 Å². The molecule has 2 aromatic rings. The minimum atomic E-state index is -0.867. The van der Waals surface area contributed by atoms with E-state index in [0.717, 1.165) is 23.9 Å². The number of benzene rings is 1. The van der Waals surface area contributed by atoms with Crippen molar-refractivity contribution >= 4 is 23.4 Å². The largest absolute Gasteiger partial charge is 0.378 e. The molecule has 6 nitrogen and oxygen atoms in total. The van der Waals surface area contributed by atoms with E-state index in [1.165, 1.54) is 26.2 Å². The van der Waals surface area contributed by atoms with Crippen LogP contribution in [0.15, 0.2) is 34.2 Å². The van der Waals surface area contributed by atoms with E-state index in [4.69, 9.17) is 4.74 Å². The lowest BCUT2D eigenvalue weighted by molar-refractivity contribution is -0.115. The smallest absolute Gasteiger partial charge is 0.251 e. The summed E-state index contributed by atoms with van der Waals surface area (Å²) >= 11 is 0.958. The molecule has 2 rings (SSSR count). The SMILES string of the molecule is COCc1cc(=O)[nH]c(SC(C)C(=O)Nc2c(F)cccc2F)n1. The average molecular weight is 355 g/mol. The van der Waals surface area contributed by atoms with E-state index in [2.05, 4.69) is 15.3 Å². The van der Waals surface area contributed by atoms with Crippen molar-refractivity contribution in [3.63, 3.8) is 0 Å². The number of aromatic nitrogens is 2. The van der Waals surface area contributed by atoms with Gasteiger partial charge < -0.3 is 15.0 Å². The van der Waals surface area contributed by atoms with E-state index < -0.39 is 28.5 Å². The Morgan fingerprint density at radius 1 is 1.42 bits per heavy atom. The number of ether oxygens (including phenoxy) is 1. The number of carbonyl (C=O) groups is 1. The summed E-state index contributed by atoms with van der Waals surface area (Å²) in [5, 5.41) is 1.67. The maximum atomic E-state index is 13.6. The summed E-state index contributed by atoms with van der Waals surface area (Å²) in [5.41, 5.74) is -0.478. The van der Waals surface area contributed by atoms with Gasteiger partial charge in [-0.2, -0.15) is 0 Å². The molecule has 0 saturated heterocycles. The van der Waals surface area contributed by atoms with Gasteiger partial charge in [-0.3, -0.25) is 9.59 Å². The molecule has 0 radical (unpaired) electrons. The number of halogens is 2. The van der Waals surface area contributed by atoms with E-state index >= 15 is 0 Å². The van der Waals surface area contributed by atoms with Crippen LogP contribution in [0.25, 0.3) is 0 Å². The first kappa shape index (κ1) is 18.1. The summed E-state index contributed by atoms with van der Waals surface area (Å²) in [6, 6.07) is 4.58. The molecule has 1 amide bonds. The van der Waals surface area contributed by atoms with Crippen molar-refractivity contribution in [2.24, 2.45) is 0 Å². The number of nitrogens with one attached hydrogen (secondary N) is 2. The molecule has 0 aliphatic carbocycles. The van der Waals surface area contributed by atoms with Gasteiger partial charge in [0, 0.05) is 13.2 Å². The van der Waals surface area contributed by atoms with Crippen molar-refractivity contribution in [2.45, 2.75) is 23.9 Å². The highest BCUT2D eigenvalue weighted by Crippen LogP contribution is 2.22. The molecule has 0 aliphatic heterocycles. The van der Waals surface area contributed by atoms with Crippen molar-refractivity contribution < 1.29 is 18.3 Å². The number of nitrogens with zero attached hydrogens (tertiary/aromatic N) is 1. The molecule has 2 N–H and O–H groups in total. The minimum absolute atomic E-state index is 0.151. The van der Waals surface area contributed by atoms with Crippen molar-refractivity contribution in [1.29, 1.82) is 0 Å². The van der Waals surface area contributed by atoms with Gasteiger partial charge in [-0.1, -0.05) is 17.8 Å². The summed E-state index contributed by atoms with van der Waals surface area (Å²) in [6.07, 6.45) is 0. The number of aromatic amines is 1. The number of hydrogen-bond donors (Lipinski definition) is 2. The first-order valence-electron chi connectivity index (χ1n) is 6.91. The maximum Gasteiger partial charge on any atom is 0.251 e. The predicted octanol–water partition coefficient (Wildman–Crippen LogP) is 2.31. The zero-order chi connectivity index (χ0) is 17.7. The second kappa shape index (κ2) is 8.02. The molecule has 1 heterocycles. The summed E-state index contributed by atoms with van der Waals surface area (Å²) < 4.78 is 32.0. The Hall–Kier alpha value is -2.26. The zero-order valence-electron chi connectivity index (χ0n) is 12.9. The summed E-state index contributed by atoms with van der Waals surface area (Å²) in [4.78, 5) is 30.3. The third kappa shape index (κ3) is 4.62. The van der Waals surface area contributed by atoms with Gasteiger partial charge in [0.2, 0.25) is 5.91 Å². The number of methoxy groups -OCH3 is 1. The van der Waals surface area contributed by atoms with Crippen molar-refractivity contribution in [3.05, 3.63) is 51.9 Å². The summed E-state index contributed by atoms with van der Waals surface area (Å²) in [6.45, 7) is 1.68. The Morgan fingerprint density at radius 2 is 2.08 bits per heavy atom. The van der Waals surface area contributed by atoms with Crippen LogP contribution in [0, 0.1) is 11.6 Å². The van der Waals surface area contributed by atoms with E-state index in [1.54, 1.807) is 0 Å². The van der Waals surface area contributed by atoms with E-state index in [0.29, 0.717) is 5.69 Å². The topological polar surface area (TPSA) is 84.1 Å². The van der Waals surface area contributed by atoms with Gasteiger partial charge in [0.1, 0.15) is 17.3 Å². The molecule has 0 fully saturated rings. The van der Waals surface area contributed by atoms with Gasteiger partial charge in [-0.05, 0) is 19.1 Å². The highest BCUT2D eigenvalue weighted by molar-refractivity contribution is 8.00. The molecule has 1 aromatic heterocycles. The lowest BCUT2D eigenvalue weighted by Crippen LogP contribution is -2.24. The predicted molar refractivity (Wildman–Crippen MR) is 85.9 cm³/mol. The van der Waals surface area contributed by atoms with Crippen LogP contribution in [0.4, 0.5) is 14.5 Å². The lowest BCUT2D eigenvalue weighted by Gasteiger charge is -2.12. The number of para-hydroxylation sites is 1. The highest BCUT2D eigenvalue weighted by atomic mass is 32.2. The number of carbonyl (C=O) groups excluding carboxylic acids is 1. The van der Waals surface area contributed by atoms with Crippen LogP contribution >= 0.6 is 11.8 Å². The molecule has 1 unspecified atom stereocenters. The Kier molecular flexibility index (Phi) is 6.04. The Bertz CT molecular complexity index is 778. The van der Waals surface area contributed by atoms with Crippen LogP contribution in [-0.2, 0) is 16.1 Å². The monoisotopic (exact) mass is 355 g/mol. The maximum absolute atomic E-state index is 13.6. The minimum Gasteiger partial charge on any atom is -0.378 e. The van der Waals surface area contributed by atoms with Gasteiger partial charge >= 0.3 is 0 Å². The number of thioether (sulfide) groups is 1. The molecule has 1 aromatic carbocycles. The van der Waals surface area contributed by atoms with Crippen molar-refractivity contribution in [1.82, 2.24) is 9.97 Å². The Labute approximate surface area is 140 Å². The van der Waals surface area contributed by atoms with Crippen LogP contribution in [-0.4, -0.2) is 28.2 Å². The molecule has 9 heteroatoms. The quantitative estimate of drug-likeness (QED) is 0.614. The van der Waals surface area contributed by atoms with Gasteiger partial charge in [-0.25, -0.2) is 13.8 Å². The molecular formula is C15H15F2N3O3S. The molecule has 1 atom stereocenters. The average Bonchev–Trinajstić information content (AvgIpc) is 2.50. The molecule has 0 saturated carbocycles. The normalized spacial score (nSPS) is 12.0. The number of rotatable bonds is 6. The lowest BCUT2D eigenvalue weighted by atomic mass is 10.3. The molecular weight excluding hydrogens is 340 g/mol.